The van der Waals surface area contributed by atoms with Crippen molar-refractivity contribution in [2.24, 2.45) is 0 Å². The molecule has 3 aromatic rings. The number of anilines is 1. The van der Waals surface area contributed by atoms with Crippen LogP contribution in [-0.2, 0) is 19.5 Å². The van der Waals surface area contributed by atoms with E-state index in [1.54, 1.807) is 24.4 Å². The van der Waals surface area contributed by atoms with E-state index in [2.05, 4.69) is 20.6 Å². The summed E-state index contributed by atoms with van der Waals surface area (Å²) in [6.07, 6.45) is 3.86. The van der Waals surface area contributed by atoms with Crippen molar-refractivity contribution in [1.82, 2.24) is 19.9 Å². The smallest absolute Gasteiger partial charge is 0.294 e. The van der Waals surface area contributed by atoms with Crippen LogP contribution in [0.1, 0.15) is 11.3 Å². The standard InChI is InChI=1S/C20H21ClFN5O/c21-18-14-26-19(25-10-8-16-6-3-4-9-24-16)20(28)27(18)12-11-23-13-15-5-1-2-7-17(15)22/h1-7,9,14,23H,8,10-13H2,(H,25,26). The van der Waals surface area contributed by atoms with Crippen LogP contribution < -0.4 is 16.2 Å². The molecule has 146 valence electrons. The van der Waals surface area contributed by atoms with Gasteiger partial charge in [-0.3, -0.25) is 14.3 Å². The number of nitrogens with zero attached hydrogens (tertiary/aromatic N) is 3. The van der Waals surface area contributed by atoms with Gasteiger partial charge in [0, 0.05) is 50.1 Å². The fourth-order valence-electron chi connectivity index (χ4n) is 2.71. The minimum Gasteiger partial charge on any atom is -0.365 e. The van der Waals surface area contributed by atoms with E-state index in [1.165, 1.54) is 16.8 Å². The van der Waals surface area contributed by atoms with E-state index >= 15 is 0 Å². The Kier molecular flexibility index (Phi) is 7.11. The second-order valence-corrected chi connectivity index (χ2v) is 6.54. The molecular formula is C20H21ClFN5O. The summed E-state index contributed by atoms with van der Waals surface area (Å²) in [6.45, 7) is 1.72. The van der Waals surface area contributed by atoms with Crippen LogP contribution in [-0.4, -0.2) is 27.6 Å². The molecule has 2 heterocycles. The molecule has 0 aliphatic rings. The molecule has 0 unspecified atom stereocenters. The molecule has 0 saturated heterocycles. The monoisotopic (exact) mass is 401 g/mol. The SMILES string of the molecule is O=c1c(NCCc2ccccn2)ncc(Cl)n1CCNCc1ccccc1F. The molecule has 0 aliphatic carbocycles. The van der Waals surface area contributed by atoms with E-state index in [-0.39, 0.29) is 22.3 Å². The first-order chi connectivity index (χ1) is 13.6. The molecule has 2 aromatic heterocycles. The summed E-state index contributed by atoms with van der Waals surface area (Å²) in [7, 11) is 0. The van der Waals surface area contributed by atoms with Gasteiger partial charge in [-0.25, -0.2) is 9.37 Å². The molecule has 0 radical (unpaired) electrons. The van der Waals surface area contributed by atoms with Gasteiger partial charge in [0.15, 0.2) is 5.82 Å². The minimum atomic E-state index is -0.291. The van der Waals surface area contributed by atoms with E-state index in [0.29, 0.717) is 38.2 Å². The van der Waals surface area contributed by atoms with Crippen molar-refractivity contribution in [3.63, 3.8) is 0 Å². The Morgan fingerprint density at radius 2 is 1.89 bits per heavy atom. The summed E-state index contributed by atoms with van der Waals surface area (Å²) in [5.74, 6) is -0.0112. The molecule has 28 heavy (non-hydrogen) atoms. The zero-order chi connectivity index (χ0) is 19.8. The van der Waals surface area contributed by atoms with Gasteiger partial charge in [0.2, 0.25) is 0 Å². The van der Waals surface area contributed by atoms with Crippen LogP contribution >= 0.6 is 11.6 Å². The van der Waals surface area contributed by atoms with E-state index in [9.17, 15) is 9.18 Å². The second kappa shape index (κ2) is 9.96. The van der Waals surface area contributed by atoms with Crippen molar-refractivity contribution < 1.29 is 4.39 Å². The van der Waals surface area contributed by atoms with Crippen LogP contribution in [0.3, 0.4) is 0 Å². The molecule has 3 rings (SSSR count). The number of benzene rings is 1. The minimum absolute atomic E-state index is 0.245. The van der Waals surface area contributed by atoms with Crippen molar-refractivity contribution in [2.45, 2.75) is 19.5 Å². The first kappa shape index (κ1) is 20.0. The average molecular weight is 402 g/mol. The highest BCUT2D eigenvalue weighted by Gasteiger charge is 2.09. The third-order valence-electron chi connectivity index (χ3n) is 4.19. The summed E-state index contributed by atoms with van der Waals surface area (Å²) in [5.41, 5.74) is 1.22. The van der Waals surface area contributed by atoms with Gasteiger partial charge in [-0.05, 0) is 18.2 Å². The second-order valence-electron chi connectivity index (χ2n) is 6.15. The topological polar surface area (TPSA) is 71.8 Å². The summed E-state index contributed by atoms with van der Waals surface area (Å²) in [4.78, 5) is 20.9. The van der Waals surface area contributed by atoms with Crippen LogP contribution in [0.2, 0.25) is 5.15 Å². The van der Waals surface area contributed by atoms with Gasteiger partial charge in [-0.1, -0.05) is 35.9 Å². The van der Waals surface area contributed by atoms with Crippen molar-refractivity contribution in [3.8, 4) is 0 Å². The van der Waals surface area contributed by atoms with Crippen molar-refractivity contribution >= 4 is 17.4 Å². The molecule has 2 N–H and O–H groups in total. The van der Waals surface area contributed by atoms with E-state index in [0.717, 1.165) is 5.69 Å². The molecule has 0 saturated carbocycles. The quantitative estimate of drug-likeness (QED) is 0.539. The number of aromatic nitrogens is 3. The fourth-order valence-corrected chi connectivity index (χ4v) is 2.92. The Labute approximate surface area is 167 Å². The first-order valence-corrected chi connectivity index (χ1v) is 9.36. The predicted molar refractivity (Wildman–Crippen MR) is 108 cm³/mol. The molecule has 0 bridgehead atoms. The molecular weight excluding hydrogens is 381 g/mol. The number of rotatable bonds is 9. The highest BCUT2D eigenvalue weighted by Crippen LogP contribution is 2.07. The van der Waals surface area contributed by atoms with Crippen molar-refractivity contribution in [3.05, 3.63) is 87.4 Å². The lowest BCUT2D eigenvalue weighted by molar-refractivity contribution is 0.558. The van der Waals surface area contributed by atoms with Crippen LogP contribution in [0.15, 0.2) is 59.7 Å². The van der Waals surface area contributed by atoms with Crippen LogP contribution in [0.4, 0.5) is 10.2 Å². The molecule has 0 atom stereocenters. The van der Waals surface area contributed by atoms with E-state index in [4.69, 9.17) is 11.6 Å². The van der Waals surface area contributed by atoms with Gasteiger partial charge in [-0.2, -0.15) is 0 Å². The number of pyridine rings is 1. The number of nitrogens with one attached hydrogen (secondary N) is 2. The Balaban J connectivity index is 1.55. The third-order valence-corrected chi connectivity index (χ3v) is 4.49. The lowest BCUT2D eigenvalue weighted by Gasteiger charge is -2.12. The zero-order valence-corrected chi connectivity index (χ0v) is 16.0. The van der Waals surface area contributed by atoms with Gasteiger partial charge >= 0.3 is 0 Å². The van der Waals surface area contributed by atoms with Gasteiger partial charge in [0.1, 0.15) is 11.0 Å². The first-order valence-electron chi connectivity index (χ1n) is 8.98. The Hall–Kier alpha value is -2.77. The largest absolute Gasteiger partial charge is 0.365 e. The Morgan fingerprint density at radius 1 is 1.07 bits per heavy atom. The molecule has 0 spiro atoms. The Bertz CT molecular complexity index is 964. The van der Waals surface area contributed by atoms with Gasteiger partial charge < -0.3 is 10.6 Å². The van der Waals surface area contributed by atoms with Gasteiger partial charge in [0.05, 0.1) is 6.20 Å². The van der Waals surface area contributed by atoms with Crippen molar-refractivity contribution in [1.29, 1.82) is 0 Å². The summed E-state index contributed by atoms with van der Waals surface area (Å²) >= 11 is 6.13. The average Bonchev–Trinajstić information content (AvgIpc) is 2.71. The highest BCUT2D eigenvalue weighted by atomic mass is 35.5. The van der Waals surface area contributed by atoms with Crippen molar-refractivity contribution in [2.75, 3.05) is 18.4 Å². The third kappa shape index (κ3) is 5.37. The predicted octanol–water partition coefficient (Wildman–Crippen LogP) is 2.88. The normalized spacial score (nSPS) is 10.8. The molecule has 0 amide bonds. The fraction of sp³-hybridized carbons (Fsp3) is 0.250. The van der Waals surface area contributed by atoms with Crippen LogP contribution in [0, 0.1) is 5.82 Å². The maximum absolute atomic E-state index is 13.6. The highest BCUT2D eigenvalue weighted by molar-refractivity contribution is 6.29. The Morgan fingerprint density at radius 3 is 2.68 bits per heavy atom. The molecule has 0 fully saturated rings. The maximum Gasteiger partial charge on any atom is 0.294 e. The summed E-state index contributed by atoms with van der Waals surface area (Å²) < 4.78 is 15.1. The number of hydrogen-bond acceptors (Lipinski definition) is 5. The number of hydrogen-bond donors (Lipinski definition) is 2. The molecule has 8 heteroatoms. The zero-order valence-electron chi connectivity index (χ0n) is 15.2. The van der Waals surface area contributed by atoms with Crippen LogP contribution in [0.5, 0.6) is 0 Å². The van der Waals surface area contributed by atoms with E-state index < -0.39 is 0 Å². The molecule has 6 nitrogen and oxygen atoms in total. The lowest BCUT2D eigenvalue weighted by Crippen LogP contribution is -2.30. The maximum atomic E-state index is 13.6. The van der Waals surface area contributed by atoms with Gasteiger partial charge in [0.25, 0.3) is 5.56 Å². The van der Waals surface area contributed by atoms with Crippen LogP contribution in [0.25, 0.3) is 0 Å². The lowest BCUT2D eigenvalue weighted by atomic mass is 10.2. The van der Waals surface area contributed by atoms with E-state index in [1.807, 2.05) is 18.2 Å². The van der Waals surface area contributed by atoms with Gasteiger partial charge in [-0.15, -0.1) is 0 Å². The number of halogens is 2. The molecule has 0 aliphatic heterocycles. The summed E-state index contributed by atoms with van der Waals surface area (Å²) in [5, 5.41) is 6.42. The molecule has 1 aromatic carbocycles. The summed E-state index contributed by atoms with van der Waals surface area (Å²) in [6, 6.07) is 12.3.